The topological polar surface area (TPSA) is 12.0 Å². The van der Waals surface area contributed by atoms with Crippen molar-refractivity contribution < 1.29 is 0 Å². The monoisotopic (exact) mass is 233 g/mol. The molecule has 1 heterocycles. The molecule has 2 unspecified atom stereocenters. The number of hydrogen-bond donors (Lipinski definition) is 1. The van der Waals surface area contributed by atoms with Crippen LogP contribution in [-0.4, -0.2) is 35.1 Å². The Labute approximate surface area is 97.2 Å². The number of thioether (sulfide) groups is 2. The number of hydrogen-bond acceptors (Lipinski definition) is 3. The fourth-order valence-electron chi connectivity index (χ4n) is 1.78. The van der Waals surface area contributed by atoms with Crippen LogP contribution in [0.4, 0.5) is 0 Å². The van der Waals surface area contributed by atoms with Gasteiger partial charge in [-0.2, -0.15) is 23.5 Å². The molecular weight excluding hydrogens is 210 g/mol. The molecule has 0 radical (unpaired) electrons. The minimum Gasteiger partial charge on any atom is -0.313 e. The molecular formula is C11H23NS2. The summed E-state index contributed by atoms with van der Waals surface area (Å²) in [6, 6.07) is 0.683. The van der Waals surface area contributed by atoms with Gasteiger partial charge in [-0.25, -0.2) is 0 Å². The van der Waals surface area contributed by atoms with Crippen LogP contribution in [0.5, 0.6) is 0 Å². The largest absolute Gasteiger partial charge is 0.313 e. The molecule has 0 saturated carbocycles. The molecule has 1 aliphatic rings. The molecule has 14 heavy (non-hydrogen) atoms. The van der Waals surface area contributed by atoms with E-state index in [1.165, 1.54) is 30.2 Å². The van der Waals surface area contributed by atoms with Gasteiger partial charge in [0.25, 0.3) is 0 Å². The Kier molecular flexibility index (Phi) is 6.38. The van der Waals surface area contributed by atoms with Crippen LogP contribution in [0, 0.1) is 5.92 Å². The van der Waals surface area contributed by atoms with E-state index in [0.29, 0.717) is 6.04 Å². The second-order valence-corrected chi connectivity index (χ2v) is 7.06. The van der Waals surface area contributed by atoms with Crippen molar-refractivity contribution in [3.63, 3.8) is 0 Å². The molecule has 84 valence electrons. The molecule has 1 aliphatic heterocycles. The molecule has 1 N–H and O–H groups in total. The molecule has 0 aromatic rings. The zero-order valence-electron chi connectivity index (χ0n) is 9.58. The first-order chi connectivity index (χ1) is 6.68. The van der Waals surface area contributed by atoms with Crippen LogP contribution in [0.25, 0.3) is 0 Å². The average molecular weight is 233 g/mol. The molecule has 0 spiro atoms. The molecule has 0 aromatic heterocycles. The standard InChI is InChI=1S/C11H23NS2/c1-9(2)6-10(3)12-7-11-8-13-4-5-14-11/h9-12H,4-8H2,1-3H3. The highest BCUT2D eigenvalue weighted by Gasteiger charge is 2.14. The number of rotatable bonds is 5. The molecule has 0 aliphatic carbocycles. The van der Waals surface area contributed by atoms with Crippen molar-refractivity contribution in [1.29, 1.82) is 0 Å². The van der Waals surface area contributed by atoms with E-state index in [-0.39, 0.29) is 0 Å². The van der Waals surface area contributed by atoms with Gasteiger partial charge in [-0.15, -0.1) is 0 Å². The third-order valence-corrected chi connectivity index (χ3v) is 5.25. The molecule has 2 atom stereocenters. The fourth-order valence-corrected chi connectivity index (χ4v) is 4.40. The Morgan fingerprint density at radius 2 is 2.07 bits per heavy atom. The summed E-state index contributed by atoms with van der Waals surface area (Å²) in [7, 11) is 0. The summed E-state index contributed by atoms with van der Waals surface area (Å²) >= 11 is 4.25. The minimum absolute atomic E-state index is 0.683. The summed E-state index contributed by atoms with van der Waals surface area (Å²) in [4.78, 5) is 0. The lowest BCUT2D eigenvalue weighted by molar-refractivity contribution is 0.445. The smallest absolute Gasteiger partial charge is 0.0263 e. The summed E-state index contributed by atoms with van der Waals surface area (Å²) in [6.45, 7) is 8.10. The van der Waals surface area contributed by atoms with Gasteiger partial charge in [0.05, 0.1) is 0 Å². The van der Waals surface area contributed by atoms with Crippen molar-refractivity contribution in [2.75, 3.05) is 23.8 Å². The van der Waals surface area contributed by atoms with Crippen molar-refractivity contribution in [3.8, 4) is 0 Å². The minimum atomic E-state index is 0.683. The van der Waals surface area contributed by atoms with Crippen LogP contribution < -0.4 is 5.32 Å². The van der Waals surface area contributed by atoms with Crippen LogP contribution in [0.3, 0.4) is 0 Å². The summed E-state index contributed by atoms with van der Waals surface area (Å²) in [5.74, 6) is 4.84. The average Bonchev–Trinajstić information content (AvgIpc) is 2.15. The molecule has 0 aromatic carbocycles. The third-order valence-electron chi connectivity index (χ3n) is 2.40. The second kappa shape index (κ2) is 7.02. The van der Waals surface area contributed by atoms with E-state index in [1.807, 2.05) is 0 Å². The molecule has 1 nitrogen and oxygen atoms in total. The summed E-state index contributed by atoms with van der Waals surface area (Å²) in [5, 5.41) is 4.50. The van der Waals surface area contributed by atoms with E-state index >= 15 is 0 Å². The number of nitrogens with one attached hydrogen (secondary N) is 1. The van der Waals surface area contributed by atoms with Crippen LogP contribution in [0.1, 0.15) is 27.2 Å². The third kappa shape index (κ3) is 5.52. The van der Waals surface area contributed by atoms with Crippen molar-refractivity contribution in [1.82, 2.24) is 5.32 Å². The van der Waals surface area contributed by atoms with E-state index in [9.17, 15) is 0 Å². The van der Waals surface area contributed by atoms with Crippen molar-refractivity contribution in [3.05, 3.63) is 0 Å². The van der Waals surface area contributed by atoms with Gasteiger partial charge in [0.1, 0.15) is 0 Å². The molecule has 0 amide bonds. The lowest BCUT2D eigenvalue weighted by Crippen LogP contribution is -2.35. The summed E-state index contributed by atoms with van der Waals surface area (Å²) < 4.78 is 0. The van der Waals surface area contributed by atoms with Crippen LogP contribution in [0.15, 0.2) is 0 Å². The lowest BCUT2D eigenvalue weighted by atomic mass is 10.1. The Balaban J connectivity index is 2.06. The quantitative estimate of drug-likeness (QED) is 0.784. The molecule has 0 bridgehead atoms. The van der Waals surface area contributed by atoms with Crippen molar-refractivity contribution in [2.24, 2.45) is 5.92 Å². The molecule has 3 heteroatoms. The Morgan fingerprint density at radius 3 is 2.64 bits per heavy atom. The van der Waals surface area contributed by atoms with Gasteiger partial charge >= 0.3 is 0 Å². The van der Waals surface area contributed by atoms with E-state index in [1.54, 1.807) is 0 Å². The molecule has 1 fully saturated rings. The van der Waals surface area contributed by atoms with Crippen LogP contribution in [0.2, 0.25) is 0 Å². The highest BCUT2D eigenvalue weighted by molar-refractivity contribution is 8.06. The molecule has 1 rings (SSSR count). The highest BCUT2D eigenvalue weighted by atomic mass is 32.2. The molecule has 1 saturated heterocycles. The lowest BCUT2D eigenvalue weighted by Gasteiger charge is -2.24. The van der Waals surface area contributed by atoms with Gasteiger partial charge < -0.3 is 5.32 Å². The first-order valence-corrected chi connectivity index (χ1v) is 7.81. The van der Waals surface area contributed by atoms with Gasteiger partial charge in [-0.1, -0.05) is 13.8 Å². The van der Waals surface area contributed by atoms with E-state index in [0.717, 1.165) is 11.2 Å². The maximum atomic E-state index is 3.65. The van der Waals surface area contributed by atoms with Crippen LogP contribution >= 0.6 is 23.5 Å². The SMILES string of the molecule is CC(C)CC(C)NCC1CSCCS1. The zero-order valence-corrected chi connectivity index (χ0v) is 11.2. The van der Waals surface area contributed by atoms with Gasteiger partial charge in [0.15, 0.2) is 0 Å². The van der Waals surface area contributed by atoms with E-state index in [4.69, 9.17) is 0 Å². The predicted molar refractivity (Wildman–Crippen MR) is 70.5 cm³/mol. The first-order valence-electron chi connectivity index (χ1n) is 5.61. The second-order valence-electron chi connectivity index (χ2n) is 4.51. The normalized spacial score (nSPS) is 25.3. The zero-order chi connectivity index (χ0) is 10.4. The maximum absolute atomic E-state index is 3.65. The van der Waals surface area contributed by atoms with Crippen molar-refractivity contribution in [2.45, 2.75) is 38.5 Å². The Bertz CT molecular complexity index is 144. The predicted octanol–water partition coefficient (Wildman–Crippen LogP) is 2.86. The van der Waals surface area contributed by atoms with Crippen LogP contribution in [-0.2, 0) is 0 Å². The first kappa shape index (κ1) is 12.7. The summed E-state index contributed by atoms with van der Waals surface area (Å²) in [6.07, 6.45) is 1.30. The highest BCUT2D eigenvalue weighted by Crippen LogP contribution is 2.23. The van der Waals surface area contributed by atoms with Gasteiger partial charge in [-0.3, -0.25) is 0 Å². The maximum Gasteiger partial charge on any atom is 0.0263 e. The van der Waals surface area contributed by atoms with Crippen molar-refractivity contribution >= 4 is 23.5 Å². The van der Waals surface area contributed by atoms with Gasteiger partial charge in [0, 0.05) is 35.1 Å². The Hall–Kier alpha value is 0.660. The van der Waals surface area contributed by atoms with E-state index < -0.39 is 0 Å². The summed E-state index contributed by atoms with van der Waals surface area (Å²) in [5.41, 5.74) is 0. The fraction of sp³-hybridized carbons (Fsp3) is 1.00. The van der Waals surface area contributed by atoms with E-state index in [2.05, 4.69) is 49.6 Å². The van der Waals surface area contributed by atoms with Gasteiger partial charge in [0.2, 0.25) is 0 Å². The Morgan fingerprint density at radius 1 is 1.29 bits per heavy atom. The van der Waals surface area contributed by atoms with Gasteiger partial charge in [-0.05, 0) is 19.3 Å².